The summed E-state index contributed by atoms with van der Waals surface area (Å²) in [6, 6.07) is 3.01. The standard InChI is InChI=1S/C10H11ClN2O3S2/c1-6-8(16-7(2)13-6)5-12-18(14,15)10-4-3-9(11)17-10/h3-4,12H,5H2,1-2H3. The van der Waals surface area contributed by atoms with E-state index < -0.39 is 10.0 Å². The highest BCUT2D eigenvalue weighted by molar-refractivity contribution is 7.91. The molecule has 0 fully saturated rings. The number of nitrogens with zero attached hydrogens (tertiary/aromatic N) is 1. The van der Waals surface area contributed by atoms with Crippen molar-refractivity contribution >= 4 is 33.0 Å². The fourth-order valence-electron chi connectivity index (χ4n) is 1.41. The Bertz CT molecular complexity index is 660. The van der Waals surface area contributed by atoms with Gasteiger partial charge < -0.3 is 4.42 Å². The van der Waals surface area contributed by atoms with Crippen LogP contribution in [0, 0.1) is 13.8 Å². The van der Waals surface area contributed by atoms with Gasteiger partial charge in [-0.05, 0) is 19.1 Å². The Labute approximate surface area is 114 Å². The van der Waals surface area contributed by atoms with Crippen molar-refractivity contribution in [3.63, 3.8) is 0 Å². The van der Waals surface area contributed by atoms with E-state index in [-0.39, 0.29) is 10.8 Å². The lowest BCUT2D eigenvalue weighted by Gasteiger charge is -2.02. The zero-order valence-corrected chi connectivity index (χ0v) is 12.1. The molecule has 0 aromatic carbocycles. The third kappa shape index (κ3) is 2.92. The number of hydrogen-bond donors (Lipinski definition) is 1. The quantitative estimate of drug-likeness (QED) is 0.942. The van der Waals surface area contributed by atoms with Crippen LogP contribution in [0.5, 0.6) is 0 Å². The number of oxazole rings is 1. The molecule has 2 heterocycles. The molecule has 18 heavy (non-hydrogen) atoms. The number of aryl methyl sites for hydroxylation is 2. The largest absolute Gasteiger partial charge is 0.444 e. The summed E-state index contributed by atoms with van der Waals surface area (Å²) in [6.45, 7) is 3.55. The van der Waals surface area contributed by atoms with Gasteiger partial charge in [-0.25, -0.2) is 18.1 Å². The van der Waals surface area contributed by atoms with Crippen molar-refractivity contribution in [1.82, 2.24) is 9.71 Å². The molecular weight excluding hydrogens is 296 g/mol. The second kappa shape index (κ2) is 5.00. The number of aromatic nitrogens is 1. The summed E-state index contributed by atoms with van der Waals surface area (Å²) < 4.78 is 32.2. The van der Waals surface area contributed by atoms with E-state index in [4.69, 9.17) is 16.0 Å². The van der Waals surface area contributed by atoms with Crippen LogP contribution in [0.1, 0.15) is 17.3 Å². The maximum absolute atomic E-state index is 11.9. The highest BCUT2D eigenvalue weighted by Gasteiger charge is 2.18. The summed E-state index contributed by atoms with van der Waals surface area (Å²) in [6.07, 6.45) is 0. The Morgan fingerprint density at radius 1 is 1.44 bits per heavy atom. The Hall–Kier alpha value is -0.890. The molecule has 0 spiro atoms. The van der Waals surface area contributed by atoms with Crippen LogP contribution in [-0.2, 0) is 16.6 Å². The van der Waals surface area contributed by atoms with E-state index in [2.05, 4.69) is 9.71 Å². The van der Waals surface area contributed by atoms with Gasteiger partial charge in [-0.1, -0.05) is 11.6 Å². The highest BCUT2D eigenvalue weighted by atomic mass is 35.5. The number of rotatable bonds is 4. The van der Waals surface area contributed by atoms with Crippen molar-refractivity contribution in [2.24, 2.45) is 0 Å². The van der Waals surface area contributed by atoms with Gasteiger partial charge >= 0.3 is 0 Å². The minimum absolute atomic E-state index is 0.0739. The molecule has 0 bridgehead atoms. The van der Waals surface area contributed by atoms with Gasteiger partial charge in [0.2, 0.25) is 0 Å². The number of halogens is 1. The predicted molar refractivity (Wildman–Crippen MR) is 69.3 cm³/mol. The van der Waals surface area contributed by atoms with E-state index in [1.165, 1.54) is 6.07 Å². The maximum Gasteiger partial charge on any atom is 0.250 e. The predicted octanol–water partition coefficient (Wildman–Crippen LogP) is 2.48. The van der Waals surface area contributed by atoms with Crippen LogP contribution >= 0.6 is 22.9 Å². The molecule has 8 heteroatoms. The van der Waals surface area contributed by atoms with E-state index in [9.17, 15) is 8.42 Å². The molecule has 2 aromatic heterocycles. The second-order valence-corrected chi connectivity index (χ2v) is 7.33. The van der Waals surface area contributed by atoms with Gasteiger partial charge in [-0.3, -0.25) is 0 Å². The van der Waals surface area contributed by atoms with Crippen LogP contribution < -0.4 is 4.72 Å². The maximum atomic E-state index is 11.9. The average Bonchev–Trinajstić information content (AvgIpc) is 2.83. The lowest BCUT2D eigenvalue weighted by molar-refractivity contribution is 0.467. The zero-order valence-electron chi connectivity index (χ0n) is 9.73. The molecule has 2 rings (SSSR count). The van der Waals surface area contributed by atoms with Crippen molar-refractivity contribution in [3.05, 3.63) is 33.8 Å². The van der Waals surface area contributed by atoms with Crippen LogP contribution in [0.3, 0.4) is 0 Å². The van der Waals surface area contributed by atoms with Crippen LogP contribution in [0.4, 0.5) is 0 Å². The summed E-state index contributed by atoms with van der Waals surface area (Å²) in [5.74, 6) is 1.03. The van der Waals surface area contributed by atoms with Gasteiger partial charge in [-0.2, -0.15) is 0 Å². The molecule has 0 saturated carbocycles. The molecule has 0 aliphatic heterocycles. The normalized spacial score (nSPS) is 11.9. The van der Waals surface area contributed by atoms with Gasteiger partial charge in [0.15, 0.2) is 5.89 Å². The van der Waals surface area contributed by atoms with E-state index in [0.717, 1.165) is 11.3 Å². The molecular formula is C10H11ClN2O3S2. The van der Waals surface area contributed by atoms with E-state index in [0.29, 0.717) is 21.7 Å². The number of nitrogens with one attached hydrogen (secondary N) is 1. The van der Waals surface area contributed by atoms with Gasteiger partial charge in [0.25, 0.3) is 10.0 Å². The van der Waals surface area contributed by atoms with E-state index in [1.807, 2.05) is 0 Å². The highest BCUT2D eigenvalue weighted by Crippen LogP contribution is 2.25. The SMILES string of the molecule is Cc1nc(C)c(CNS(=O)(=O)c2ccc(Cl)s2)o1. The second-order valence-electron chi connectivity index (χ2n) is 3.62. The Morgan fingerprint density at radius 3 is 2.67 bits per heavy atom. The van der Waals surface area contributed by atoms with Crippen LogP contribution in [0.25, 0.3) is 0 Å². The van der Waals surface area contributed by atoms with Crippen molar-refractivity contribution in [3.8, 4) is 0 Å². The molecule has 0 aliphatic rings. The minimum Gasteiger partial charge on any atom is -0.444 e. The Kier molecular flexibility index (Phi) is 3.76. The van der Waals surface area contributed by atoms with E-state index >= 15 is 0 Å². The van der Waals surface area contributed by atoms with Gasteiger partial charge in [0.05, 0.1) is 16.6 Å². The molecule has 0 saturated heterocycles. The number of sulfonamides is 1. The van der Waals surface area contributed by atoms with Gasteiger partial charge in [-0.15, -0.1) is 11.3 Å². The summed E-state index contributed by atoms with van der Waals surface area (Å²) in [5, 5.41) is 0. The lowest BCUT2D eigenvalue weighted by Crippen LogP contribution is -2.22. The zero-order chi connectivity index (χ0) is 13.3. The fourth-order valence-corrected chi connectivity index (χ4v) is 3.92. The molecule has 98 valence electrons. The Balaban J connectivity index is 2.13. The smallest absolute Gasteiger partial charge is 0.250 e. The first-order valence-electron chi connectivity index (χ1n) is 5.06. The first kappa shape index (κ1) is 13.5. The van der Waals surface area contributed by atoms with Crippen molar-refractivity contribution in [2.45, 2.75) is 24.6 Å². The number of thiophene rings is 1. The third-order valence-corrected chi connectivity index (χ3v) is 5.36. The molecule has 0 aliphatic carbocycles. The van der Waals surface area contributed by atoms with Crippen molar-refractivity contribution in [2.75, 3.05) is 0 Å². The monoisotopic (exact) mass is 306 g/mol. The first-order chi connectivity index (χ1) is 8.38. The molecule has 0 radical (unpaired) electrons. The summed E-state index contributed by atoms with van der Waals surface area (Å²) in [5.41, 5.74) is 0.680. The molecule has 0 amide bonds. The summed E-state index contributed by atoms with van der Waals surface area (Å²) in [7, 11) is -3.55. The van der Waals surface area contributed by atoms with Crippen molar-refractivity contribution < 1.29 is 12.8 Å². The fraction of sp³-hybridized carbons (Fsp3) is 0.300. The first-order valence-corrected chi connectivity index (χ1v) is 7.74. The molecule has 0 unspecified atom stereocenters. The van der Waals surface area contributed by atoms with Crippen LogP contribution in [0.2, 0.25) is 4.34 Å². The summed E-state index contributed by atoms with van der Waals surface area (Å²) in [4.78, 5) is 4.07. The van der Waals surface area contributed by atoms with Crippen LogP contribution in [0.15, 0.2) is 20.8 Å². The van der Waals surface area contributed by atoms with E-state index in [1.54, 1.807) is 19.9 Å². The number of hydrogen-bond acceptors (Lipinski definition) is 5. The minimum atomic E-state index is -3.55. The third-order valence-electron chi connectivity index (χ3n) is 2.24. The average molecular weight is 307 g/mol. The topological polar surface area (TPSA) is 72.2 Å². The van der Waals surface area contributed by atoms with Gasteiger partial charge in [0.1, 0.15) is 9.97 Å². The Morgan fingerprint density at radius 2 is 2.17 bits per heavy atom. The molecule has 0 atom stereocenters. The molecule has 1 N–H and O–H groups in total. The lowest BCUT2D eigenvalue weighted by atomic mass is 10.4. The van der Waals surface area contributed by atoms with Crippen LogP contribution in [-0.4, -0.2) is 13.4 Å². The summed E-state index contributed by atoms with van der Waals surface area (Å²) >= 11 is 6.72. The van der Waals surface area contributed by atoms with Crippen molar-refractivity contribution in [1.29, 1.82) is 0 Å². The molecule has 5 nitrogen and oxygen atoms in total. The van der Waals surface area contributed by atoms with Gasteiger partial charge in [0, 0.05) is 6.92 Å². The molecule has 2 aromatic rings.